The third kappa shape index (κ3) is 2.77. The van der Waals surface area contributed by atoms with Gasteiger partial charge in [-0.3, -0.25) is 4.98 Å². The van der Waals surface area contributed by atoms with Crippen LogP contribution in [0.4, 0.5) is 10.1 Å². The number of rotatable bonds is 4. The monoisotopic (exact) mass is 246 g/mol. The smallest absolute Gasteiger partial charge is 0.146 e. The molecule has 0 aliphatic heterocycles. The van der Waals surface area contributed by atoms with Crippen LogP contribution in [-0.4, -0.2) is 11.6 Å². The fourth-order valence-electron chi connectivity index (χ4n) is 1.58. The van der Waals surface area contributed by atoms with E-state index in [0.29, 0.717) is 12.4 Å². The summed E-state index contributed by atoms with van der Waals surface area (Å²) in [7, 11) is 0. The molecule has 4 heteroatoms. The maximum atomic E-state index is 13.4. The number of aromatic nitrogens is 1. The van der Waals surface area contributed by atoms with E-state index in [1.54, 1.807) is 24.5 Å². The first-order valence-corrected chi connectivity index (χ1v) is 5.84. The van der Waals surface area contributed by atoms with E-state index < -0.39 is 5.82 Å². The minimum Gasteiger partial charge on any atom is -0.492 e. The summed E-state index contributed by atoms with van der Waals surface area (Å²) in [6.45, 7) is 2.67. The van der Waals surface area contributed by atoms with Gasteiger partial charge in [-0.05, 0) is 30.2 Å². The van der Waals surface area contributed by atoms with Gasteiger partial charge >= 0.3 is 0 Å². The van der Waals surface area contributed by atoms with Crippen LogP contribution in [0.3, 0.4) is 0 Å². The van der Waals surface area contributed by atoms with E-state index in [1.807, 2.05) is 13.0 Å². The number of halogens is 1. The van der Waals surface area contributed by atoms with Crippen molar-refractivity contribution in [2.45, 2.75) is 13.3 Å². The van der Waals surface area contributed by atoms with Crippen molar-refractivity contribution < 1.29 is 9.13 Å². The lowest BCUT2D eigenvalue weighted by Gasteiger charge is -2.07. The molecule has 3 nitrogen and oxygen atoms in total. The zero-order valence-corrected chi connectivity index (χ0v) is 10.2. The average Bonchev–Trinajstić information content (AvgIpc) is 2.40. The van der Waals surface area contributed by atoms with Crippen LogP contribution < -0.4 is 10.5 Å². The van der Waals surface area contributed by atoms with Crippen molar-refractivity contribution in [2.75, 3.05) is 12.3 Å². The average molecular weight is 246 g/mol. The largest absolute Gasteiger partial charge is 0.492 e. The van der Waals surface area contributed by atoms with Crippen molar-refractivity contribution in [1.82, 2.24) is 4.98 Å². The molecule has 0 saturated heterocycles. The van der Waals surface area contributed by atoms with Gasteiger partial charge in [-0.25, -0.2) is 4.39 Å². The molecule has 0 saturated carbocycles. The number of nitrogens with zero attached hydrogens (tertiary/aromatic N) is 1. The van der Waals surface area contributed by atoms with Crippen LogP contribution in [0.1, 0.15) is 13.3 Å². The van der Waals surface area contributed by atoms with Gasteiger partial charge in [-0.1, -0.05) is 13.0 Å². The SMILES string of the molecule is CCCOc1cncc(-c2ccc(N)c(F)c2)c1. The molecule has 0 fully saturated rings. The fourth-order valence-corrected chi connectivity index (χ4v) is 1.58. The van der Waals surface area contributed by atoms with Crippen molar-refractivity contribution in [3.8, 4) is 16.9 Å². The minimum absolute atomic E-state index is 0.144. The zero-order valence-electron chi connectivity index (χ0n) is 10.2. The summed E-state index contributed by atoms with van der Waals surface area (Å²) in [5, 5.41) is 0. The Hall–Kier alpha value is -2.10. The lowest BCUT2D eigenvalue weighted by atomic mass is 10.1. The van der Waals surface area contributed by atoms with E-state index in [-0.39, 0.29) is 5.69 Å². The second-order valence-corrected chi connectivity index (χ2v) is 3.99. The van der Waals surface area contributed by atoms with Crippen LogP contribution in [0.2, 0.25) is 0 Å². The van der Waals surface area contributed by atoms with Crippen molar-refractivity contribution in [1.29, 1.82) is 0 Å². The molecular weight excluding hydrogens is 231 g/mol. The molecule has 0 amide bonds. The number of benzene rings is 1. The molecule has 0 bridgehead atoms. The third-order valence-corrected chi connectivity index (χ3v) is 2.52. The molecule has 0 spiro atoms. The second-order valence-electron chi connectivity index (χ2n) is 3.99. The Morgan fingerprint density at radius 1 is 1.22 bits per heavy atom. The van der Waals surface area contributed by atoms with Gasteiger partial charge in [0, 0.05) is 11.8 Å². The fraction of sp³-hybridized carbons (Fsp3) is 0.214. The Labute approximate surface area is 105 Å². The van der Waals surface area contributed by atoms with Gasteiger partial charge in [-0.15, -0.1) is 0 Å². The van der Waals surface area contributed by atoms with Crippen molar-refractivity contribution in [3.63, 3.8) is 0 Å². The predicted molar refractivity (Wildman–Crippen MR) is 69.8 cm³/mol. The minimum atomic E-state index is -0.424. The molecule has 1 heterocycles. The first-order valence-electron chi connectivity index (χ1n) is 5.84. The molecule has 0 aliphatic rings. The molecule has 1 aromatic carbocycles. The molecular formula is C14H15FN2O. The number of anilines is 1. The lowest BCUT2D eigenvalue weighted by molar-refractivity contribution is 0.316. The summed E-state index contributed by atoms with van der Waals surface area (Å²) in [6, 6.07) is 6.55. The highest BCUT2D eigenvalue weighted by Crippen LogP contribution is 2.25. The number of nitrogens with two attached hydrogens (primary N) is 1. The van der Waals surface area contributed by atoms with Crippen molar-refractivity contribution in [2.24, 2.45) is 0 Å². The Balaban J connectivity index is 2.29. The van der Waals surface area contributed by atoms with Gasteiger partial charge in [-0.2, -0.15) is 0 Å². The van der Waals surface area contributed by atoms with Gasteiger partial charge in [0.25, 0.3) is 0 Å². The molecule has 0 radical (unpaired) electrons. The molecule has 1 aromatic heterocycles. The number of ether oxygens (including phenoxy) is 1. The summed E-state index contributed by atoms with van der Waals surface area (Å²) in [4.78, 5) is 4.09. The van der Waals surface area contributed by atoms with E-state index in [9.17, 15) is 4.39 Å². The van der Waals surface area contributed by atoms with E-state index >= 15 is 0 Å². The van der Waals surface area contributed by atoms with Gasteiger partial charge in [0.15, 0.2) is 0 Å². The maximum Gasteiger partial charge on any atom is 0.146 e. The van der Waals surface area contributed by atoms with Gasteiger partial charge in [0.2, 0.25) is 0 Å². The van der Waals surface area contributed by atoms with E-state index in [1.165, 1.54) is 6.07 Å². The normalized spacial score (nSPS) is 10.3. The van der Waals surface area contributed by atoms with E-state index in [0.717, 1.165) is 17.5 Å². The lowest BCUT2D eigenvalue weighted by Crippen LogP contribution is -1.96. The van der Waals surface area contributed by atoms with Crippen LogP contribution in [-0.2, 0) is 0 Å². The molecule has 94 valence electrons. The first-order chi connectivity index (χ1) is 8.70. The number of nitrogen functional groups attached to an aromatic ring is 1. The van der Waals surface area contributed by atoms with Crippen LogP contribution in [0, 0.1) is 5.82 Å². The van der Waals surface area contributed by atoms with Crippen molar-refractivity contribution >= 4 is 5.69 Å². The molecule has 0 aliphatic carbocycles. The summed E-state index contributed by atoms with van der Waals surface area (Å²) in [6.07, 6.45) is 4.25. The van der Waals surface area contributed by atoms with Gasteiger partial charge in [0.1, 0.15) is 11.6 Å². The Kier molecular flexibility index (Phi) is 3.77. The highest BCUT2D eigenvalue weighted by Gasteiger charge is 2.04. The molecule has 2 rings (SSSR count). The third-order valence-electron chi connectivity index (χ3n) is 2.52. The summed E-state index contributed by atoms with van der Waals surface area (Å²) >= 11 is 0. The second kappa shape index (κ2) is 5.49. The Morgan fingerprint density at radius 3 is 2.78 bits per heavy atom. The molecule has 18 heavy (non-hydrogen) atoms. The standard InChI is InChI=1S/C14H15FN2O/c1-2-5-18-12-6-11(8-17-9-12)10-3-4-14(16)13(15)7-10/h3-4,6-9H,2,5,16H2,1H3. The van der Waals surface area contributed by atoms with Gasteiger partial charge in [0.05, 0.1) is 18.5 Å². The summed E-state index contributed by atoms with van der Waals surface area (Å²) in [5.74, 6) is 0.263. The number of pyridine rings is 1. The topological polar surface area (TPSA) is 48.1 Å². The van der Waals surface area contributed by atoms with Crippen molar-refractivity contribution in [3.05, 3.63) is 42.5 Å². The summed E-state index contributed by atoms with van der Waals surface area (Å²) < 4.78 is 18.9. The molecule has 2 aromatic rings. The van der Waals surface area contributed by atoms with Crippen LogP contribution in [0.5, 0.6) is 5.75 Å². The Bertz CT molecular complexity index is 543. The van der Waals surface area contributed by atoms with Gasteiger partial charge < -0.3 is 10.5 Å². The highest BCUT2D eigenvalue weighted by molar-refractivity contribution is 5.66. The number of hydrogen-bond donors (Lipinski definition) is 1. The van der Waals surface area contributed by atoms with Crippen LogP contribution in [0.15, 0.2) is 36.7 Å². The summed E-state index contributed by atoms with van der Waals surface area (Å²) in [5.41, 5.74) is 7.13. The predicted octanol–water partition coefficient (Wildman–Crippen LogP) is 3.26. The quantitative estimate of drug-likeness (QED) is 0.842. The molecule has 0 atom stereocenters. The maximum absolute atomic E-state index is 13.4. The Morgan fingerprint density at radius 2 is 2.06 bits per heavy atom. The van der Waals surface area contributed by atoms with Crippen LogP contribution >= 0.6 is 0 Å². The van der Waals surface area contributed by atoms with E-state index in [4.69, 9.17) is 10.5 Å². The zero-order chi connectivity index (χ0) is 13.0. The molecule has 0 unspecified atom stereocenters. The number of hydrogen-bond acceptors (Lipinski definition) is 3. The van der Waals surface area contributed by atoms with E-state index in [2.05, 4.69) is 4.98 Å². The highest BCUT2D eigenvalue weighted by atomic mass is 19.1. The van der Waals surface area contributed by atoms with Crippen LogP contribution in [0.25, 0.3) is 11.1 Å². The first kappa shape index (κ1) is 12.4. The molecule has 2 N–H and O–H groups in total.